The van der Waals surface area contributed by atoms with Gasteiger partial charge in [0.25, 0.3) is 5.91 Å². The lowest BCUT2D eigenvalue weighted by molar-refractivity contribution is 0.0902. The molecule has 0 bridgehead atoms. The summed E-state index contributed by atoms with van der Waals surface area (Å²) in [4.78, 5) is 12.9. The van der Waals surface area contributed by atoms with Crippen LogP contribution >= 0.6 is 11.3 Å². The first-order chi connectivity index (χ1) is 7.88. The van der Waals surface area contributed by atoms with Gasteiger partial charge in [-0.15, -0.1) is 11.3 Å². The fourth-order valence-corrected chi connectivity index (χ4v) is 2.84. The van der Waals surface area contributed by atoms with Crippen LogP contribution in [0.4, 0.5) is 0 Å². The smallest absolute Gasteiger partial charge is 0.262 e. The van der Waals surface area contributed by atoms with Gasteiger partial charge in [0, 0.05) is 6.54 Å². The van der Waals surface area contributed by atoms with E-state index < -0.39 is 0 Å². The van der Waals surface area contributed by atoms with E-state index in [1.165, 1.54) is 11.3 Å². The third-order valence-electron chi connectivity index (χ3n) is 2.79. The summed E-state index contributed by atoms with van der Waals surface area (Å²) in [5, 5.41) is 5.00. The minimum Gasteiger partial charge on any atom is -0.345 e. The van der Waals surface area contributed by atoms with Gasteiger partial charge < -0.3 is 11.1 Å². The van der Waals surface area contributed by atoms with E-state index in [2.05, 4.69) is 19.2 Å². The van der Waals surface area contributed by atoms with Crippen molar-refractivity contribution in [2.24, 2.45) is 11.7 Å². The Kier molecular flexibility index (Phi) is 4.71. The predicted octanol–water partition coefficient (Wildman–Crippen LogP) is 2.55. The van der Waals surface area contributed by atoms with Gasteiger partial charge in [-0.3, -0.25) is 4.79 Å². The van der Waals surface area contributed by atoms with Gasteiger partial charge in [-0.1, -0.05) is 13.8 Å². The van der Waals surface area contributed by atoms with Crippen LogP contribution in [0.3, 0.4) is 0 Å². The van der Waals surface area contributed by atoms with Crippen LogP contribution in [0.15, 0.2) is 11.4 Å². The average Bonchev–Trinajstić information content (AvgIpc) is 2.63. The number of amides is 1. The van der Waals surface area contributed by atoms with E-state index in [4.69, 9.17) is 5.73 Å². The maximum atomic E-state index is 12.1. The summed E-state index contributed by atoms with van der Waals surface area (Å²) in [5.74, 6) is 0.499. The standard InChI is InChI=1S/C13H22N2OS/c1-9(2)7-13(4,8-14)15-12(16)11-10(3)5-6-17-11/h5-6,9H,7-8,14H2,1-4H3,(H,15,16). The molecule has 3 nitrogen and oxygen atoms in total. The molecule has 0 aliphatic heterocycles. The quantitative estimate of drug-likeness (QED) is 0.848. The molecule has 0 aromatic carbocycles. The highest BCUT2D eigenvalue weighted by molar-refractivity contribution is 7.12. The summed E-state index contributed by atoms with van der Waals surface area (Å²) < 4.78 is 0. The molecule has 96 valence electrons. The number of thiophene rings is 1. The van der Waals surface area contributed by atoms with Crippen LogP contribution in [-0.4, -0.2) is 18.0 Å². The molecule has 0 aliphatic carbocycles. The Bertz CT molecular complexity index is 387. The van der Waals surface area contributed by atoms with Gasteiger partial charge in [-0.2, -0.15) is 0 Å². The van der Waals surface area contributed by atoms with E-state index in [1.807, 2.05) is 25.3 Å². The van der Waals surface area contributed by atoms with Crippen LogP contribution in [0.25, 0.3) is 0 Å². The van der Waals surface area contributed by atoms with Crippen LogP contribution < -0.4 is 11.1 Å². The summed E-state index contributed by atoms with van der Waals surface area (Å²) in [6.45, 7) is 8.69. The van der Waals surface area contributed by atoms with Crippen molar-refractivity contribution in [3.05, 3.63) is 21.9 Å². The lowest BCUT2D eigenvalue weighted by Crippen LogP contribution is -2.52. The number of aryl methyl sites for hydroxylation is 1. The van der Waals surface area contributed by atoms with Crippen LogP contribution in [0.2, 0.25) is 0 Å². The van der Waals surface area contributed by atoms with Crippen molar-refractivity contribution in [3.8, 4) is 0 Å². The molecule has 0 saturated heterocycles. The molecule has 0 spiro atoms. The summed E-state index contributed by atoms with van der Waals surface area (Å²) in [6.07, 6.45) is 0.889. The molecule has 4 heteroatoms. The molecule has 1 aromatic heterocycles. The van der Waals surface area contributed by atoms with Crippen molar-refractivity contribution < 1.29 is 4.79 Å². The van der Waals surface area contributed by atoms with Crippen molar-refractivity contribution in [1.82, 2.24) is 5.32 Å². The Morgan fingerprint density at radius 3 is 2.65 bits per heavy atom. The number of carbonyl (C=O) groups is 1. The fourth-order valence-electron chi connectivity index (χ4n) is 2.02. The van der Waals surface area contributed by atoms with Gasteiger partial charge in [-0.05, 0) is 43.2 Å². The zero-order valence-electron chi connectivity index (χ0n) is 11.0. The maximum absolute atomic E-state index is 12.1. The molecule has 1 amide bonds. The van der Waals surface area contributed by atoms with E-state index in [1.54, 1.807) is 0 Å². The molecule has 0 fully saturated rings. The van der Waals surface area contributed by atoms with Crippen LogP contribution in [-0.2, 0) is 0 Å². The van der Waals surface area contributed by atoms with Gasteiger partial charge >= 0.3 is 0 Å². The third kappa shape index (κ3) is 3.82. The van der Waals surface area contributed by atoms with Crippen molar-refractivity contribution >= 4 is 17.2 Å². The van der Waals surface area contributed by atoms with Crippen LogP contribution in [0.5, 0.6) is 0 Å². The third-order valence-corrected chi connectivity index (χ3v) is 3.81. The number of hydrogen-bond donors (Lipinski definition) is 2. The first kappa shape index (κ1) is 14.2. The molecule has 17 heavy (non-hydrogen) atoms. The highest BCUT2D eigenvalue weighted by Gasteiger charge is 2.27. The zero-order chi connectivity index (χ0) is 13.1. The second kappa shape index (κ2) is 5.65. The summed E-state index contributed by atoms with van der Waals surface area (Å²) in [5.41, 5.74) is 6.49. The van der Waals surface area contributed by atoms with Crippen molar-refractivity contribution in [2.75, 3.05) is 6.54 Å². The highest BCUT2D eigenvalue weighted by atomic mass is 32.1. The normalized spacial score (nSPS) is 14.7. The van der Waals surface area contributed by atoms with E-state index >= 15 is 0 Å². The van der Waals surface area contributed by atoms with Crippen molar-refractivity contribution in [1.29, 1.82) is 0 Å². The largest absolute Gasteiger partial charge is 0.345 e. The molecule has 1 aromatic rings. The van der Waals surface area contributed by atoms with Crippen molar-refractivity contribution in [2.45, 2.75) is 39.7 Å². The van der Waals surface area contributed by atoms with Gasteiger partial charge in [0.2, 0.25) is 0 Å². The molecule has 1 atom stereocenters. The molecule has 3 N–H and O–H groups in total. The molecular formula is C13H22N2OS. The minimum absolute atomic E-state index is 0.00824. The fraction of sp³-hybridized carbons (Fsp3) is 0.615. The Morgan fingerprint density at radius 2 is 2.24 bits per heavy atom. The number of nitrogens with two attached hydrogens (primary N) is 1. The molecule has 0 saturated carbocycles. The van der Waals surface area contributed by atoms with Crippen molar-refractivity contribution in [3.63, 3.8) is 0 Å². The monoisotopic (exact) mass is 254 g/mol. The van der Waals surface area contributed by atoms with Gasteiger partial charge in [-0.25, -0.2) is 0 Å². The number of carbonyl (C=O) groups excluding carboxylic acids is 1. The van der Waals surface area contributed by atoms with Crippen LogP contribution in [0, 0.1) is 12.8 Å². The maximum Gasteiger partial charge on any atom is 0.262 e. The van der Waals surface area contributed by atoms with Gasteiger partial charge in [0.1, 0.15) is 0 Å². The summed E-state index contributed by atoms with van der Waals surface area (Å²) in [7, 11) is 0. The Hall–Kier alpha value is -0.870. The van der Waals surface area contributed by atoms with E-state index in [9.17, 15) is 4.79 Å². The Labute approximate surface area is 107 Å². The molecule has 1 unspecified atom stereocenters. The van der Waals surface area contributed by atoms with E-state index in [-0.39, 0.29) is 11.4 Å². The molecule has 0 aliphatic rings. The molecule has 1 rings (SSSR count). The Morgan fingerprint density at radius 1 is 1.59 bits per heavy atom. The van der Waals surface area contributed by atoms with Gasteiger partial charge in [0.15, 0.2) is 0 Å². The van der Waals surface area contributed by atoms with Gasteiger partial charge in [0.05, 0.1) is 10.4 Å². The topological polar surface area (TPSA) is 55.1 Å². The molecular weight excluding hydrogens is 232 g/mol. The van der Waals surface area contributed by atoms with E-state index in [0.29, 0.717) is 12.5 Å². The second-order valence-electron chi connectivity index (χ2n) is 5.25. The zero-order valence-corrected chi connectivity index (χ0v) is 11.9. The lowest BCUT2D eigenvalue weighted by atomic mass is 9.90. The predicted molar refractivity (Wildman–Crippen MR) is 73.4 cm³/mol. The van der Waals surface area contributed by atoms with E-state index in [0.717, 1.165) is 16.9 Å². The molecule has 1 heterocycles. The van der Waals surface area contributed by atoms with Crippen LogP contribution in [0.1, 0.15) is 42.4 Å². The summed E-state index contributed by atoms with van der Waals surface area (Å²) >= 11 is 1.47. The highest BCUT2D eigenvalue weighted by Crippen LogP contribution is 2.19. The number of rotatable bonds is 5. The Balaban J connectivity index is 2.75. The first-order valence-electron chi connectivity index (χ1n) is 5.94. The second-order valence-corrected chi connectivity index (χ2v) is 6.17. The average molecular weight is 254 g/mol. The minimum atomic E-state index is -0.318. The lowest BCUT2D eigenvalue weighted by Gasteiger charge is -2.31. The first-order valence-corrected chi connectivity index (χ1v) is 6.82. The number of nitrogens with one attached hydrogen (secondary N) is 1. The molecule has 0 radical (unpaired) electrons. The summed E-state index contributed by atoms with van der Waals surface area (Å²) in [6, 6.07) is 1.96. The SMILES string of the molecule is Cc1ccsc1C(=O)NC(C)(CN)CC(C)C. The number of hydrogen-bond acceptors (Lipinski definition) is 3.